The number of carboxylic acids is 1. The topological polar surface area (TPSA) is 108 Å². The van der Waals surface area contributed by atoms with E-state index in [1.807, 2.05) is 0 Å². The minimum atomic E-state index is -1.13. The molecule has 0 spiro atoms. The fraction of sp³-hybridized carbons (Fsp3) is 0.273. The smallest absolute Gasteiger partial charge is 0.354 e. The molecule has 2 heterocycles. The SMILES string of the molecule is O=C1CC[C@@H](C(=O)Nc2ccc(C(=O)O)nc2)N1. The van der Waals surface area contributed by atoms with Crippen molar-refractivity contribution in [2.75, 3.05) is 5.32 Å². The van der Waals surface area contributed by atoms with Gasteiger partial charge in [-0.1, -0.05) is 0 Å². The molecule has 1 aliphatic rings. The van der Waals surface area contributed by atoms with E-state index in [0.717, 1.165) is 0 Å². The van der Waals surface area contributed by atoms with Crippen molar-refractivity contribution in [3.63, 3.8) is 0 Å². The summed E-state index contributed by atoms with van der Waals surface area (Å²) in [5, 5.41) is 13.8. The van der Waals surface area contributed by atoms with Gasteiger partial charge in [0.1, 0.15) is 11.7 Å². The second kappa shape index (κ2) is 4.82. The molecule has 2 rings (SSSR count). The Kier molecular flexibility index (Phi) is 3.22. The molecule has 0 unspecified atom stereocenters. The molecule has 1 aromatic rings. The minimum Gasteiger partial charge on any atom is -0.477 e. The Bertz CT molecular complexity index is 498. The number of nitrogens with zero attached hydrogens (tertiary/aromatic N) is 1. The van der Waals surface area contributed by atoms with Crippen LogP contribution >= 0.6 is 0 Å². The van der Waals surface area contributed by atoms with Crippen molar-refractivity contribution < 1.29 is 19.5 Å². The third kappa shape index (κ3) is 2.62. The molecule has 0 bridgehead atoms. The molecular formula is C11H11N3O4. The van der Waals surface area contributed by atoms with Crippen LogP contribution in [0.4, 0.5) is 5.69 Å². The molecule has 18 heavy (non-hydrogen) atoms. The van der Waals surface area contributed by atoms with Crippen LogP contribution in [0.2, 0.25) is 0 Å². The van der Waals surface area contributed by atoms with Crippen molar-refractivity contribution in [3.8, 4) is 0 Å². The number of aromatic carboxylic acids is 1. The summed E-state index contributed by atoms with van der Waals surface area (Å²) < 4.78 is 0. The van der Waals surface area contributed by atoms with Gasteiger partial charge in [0.05, 0.1) is 11.9 Å². The first-order valence-electron chi connectivity index (χ1n) is 5.36. The van der Waals surface area contributed by atoms with Crippen molar-refractivity contribution >= 4 is 23.5 Å². The van der Waals surface area contributed by atoms with Gasteiger partial charge in [0.2, 0.25) is 11.8 Å². The third-order valence-electron chi connectivity index (χ3n) is 2.56. The summed E-state index contributed by atoms with van der Waals surface area (Å²) >= 11 is 0. The lowest BCUT2D eigenvalue weighted by Crippen LogP contribution is -2.37. The predicted octanol–water partition coefficient (Wildman–Crippen LogP) is -0.00310. The number of hydrogen-bond acceptors (Lipinski definition) is 4. The zero-order valence-corrected chi connectivity index (χ0v) is 9.34. The van der Waals surface area contributed by atoms with Crippen LogP contribution in [0.1, 0.15) is 23.3 Å². The van der Waals surface area contributed by atoms with Crippen LogP contribution in [-0.4, -0.2) is 33.9 Å². The Morgan fingerprint density at radius 3 is 2.72 bits per heavy atom. The molecule has 7 nitrogen and oxygen atoms in total. The largest absolute Gasteiger partial charge is 0.477 e. The van der Waals surface area contributed by atoms with Crippen LogP contribution < -0.4 is 10.6 Å². The summed E-state index contributed by atoms with van der Waals surface area (Å²) in [6, 6.07) is 2.22. The highest BCUT2D eigenvalue weighted by atomic mass is 16.4. The highest BCUT2D eigenvalue weighted by Crippen LogP contribution is 2.11. The molecule has 1 aromatic heterocycles. The van der Waals surface area contributed by atoms with E-state index in [0.29, 0.717) is 18.5 Å². The first-order chi connectivity index (χ1) is 8.56. The Morgan fingerprint density at radius 2 is 2.22 bits per heavy atom. The zero-order chi connectivity index (χ0) is 13.1. The molecule has 94 valence electrons. The molecule has 1 atom stereocenters. The summed E-state index contributed by atoms with van der Waals surface area (Å²) in [5.41, 5.74) is 0.299. The average molecular weight is 249 g/mol. The van der Waals surface area contributed by atoms with Crippen LogP contribution in [-0.2, 0) is 9.59 Å². The van der Waals surface area contributed by atoms with Gasteiger partial charge < -0.3 is 15.7 Å². The molecule has 1 saturated heterocycles. The number of amides is 2. The number of aromatic nitrogens is 1. The maximum atomic E-state index is 11.7. The van der Waals surface area contributed by atoms with Crippen molar-refractivity contribution in [2.24, 2.45) is 0 Å². The van der Waals surface area contributed by atoms with Crippen LogP contribution in [0, 0.1) is 0 Å². The highest BCUT2D eigenvalue weighted by molar-refractivity contribution is 5.99. The van der Waals surface area contributed by atoms with Gasteiger partial charge in [-0.15, -0.1) is 0 Å². The molecule has 0 aliphatic carbocycles. The van der Waals surface area contributed by atoms with E-state index >= 15 is 0 Å². The predicted molar refractivity (Wildman–Crippen MR) is 61.0 cm³/mol. The highest BCUT2D eigenvalue weighted by Gasteiger charge is 2.27. The summed E-state index contributed by atoms with van der Waals surface area (Å²) in [6.45, 7) is 0. The van der Waals surface area contributed by atoms with Gasteiger partial charge in [0.15, 0.2) is 0 Å². The zero-order valence-electron chi connectivity index (χ0n) is 9.34. The lowest BCUT2D eigenvalue weighted by molar-refractivity contribution is -0.122. The minimum absolute atomic E-state index is 0.0952. The van der Waals surface area contributed by atoms with Crippen LogP contribution in [0.15, 0.2) is 18.3 Å². The monoisotopic (exact) mass is 249 g/mol. The fourth-order valence-electron chi connectivity index (χ4n) is 1.63. The number of nitrogens with one attached hydrogen (secondary N) is 2. The summed E-state index contributed by atoms with van der Waals surface area (Å²) in [5.74, 6) is -1.60. The molecule has 7 heteroatoms. The van der Waals surface area contributed by atoms with Crippen LogP contribution in [0.5, 0.6) is 0 Å². The Labute approximate surface area is 102 Å². The third-order valence-corrected chi connectivity index (χ3v) is 2.56. The Hall–Kier alpha value is -2.44. The molecule has 2 amide bonds. The lowest BCUT2D eigenvalue weighted by atomic mass is 10.2. The molecule has 0 aromatic carbocycles. The van der Waals surface area contributed by atoms with Crippen molar-refractivity contribution in [2.45, 2.75) is 18.9 Å². The van der Waals surface area contributed by atoms with E-state index in [1.165, 1.54) is 18.3 Å². The lowest BCUT2D eigenvalue weighted by Gasteiger charge is -2.10. The normalized spacial score (nSPS) is 18.2. The molecule has 0 radical (unpaired) electrons. The van der Waals surface area contributed by atoms with Crippen LogP contribution in [0.25, 0.3) is 0 Å². The first kappa shape index (κ1) is 12.0. The second-order valence-corrected chi connectivity index (χ2v) is 3.89. The number of pyridine rings is 1. The van der Waals surface area contributed by atoms with Gasteiger partial charge in [-0.05, 0) is 18.6 Å². The maximum absolute atomic E-state index is 11.7. The molecule has 0 saturated carbocycles. The Balaban J connectivity index is 1.99. The second-order valence-electron chi connectivity index (χ2n) is 3.89. The summed E-state index contributed by atoms with van der Waals surface area (Å²) in [6.07, 6.45) is 2.07. The van der Waals surface area contributed by atoms with Crippen molar-refractivity contribution in [1.29, 1.82) is 0 Å². The van der Waals surface area contributed by atoms with Gasteiger partial charge in [-0.2, -0.15) is 0 Å². The molecule has 1 fully saturated rings. The summed E-state index contributed by atoms with van der Waals surface area (Å²) in [4.78, 5) is 36.9. The Morgan fingerprint density at radius 1 is 1.44 bits per heavy atom. The van der Waals surface area contributed by atoms with Crippen molar-refractivity contribution in [1.82, 2.24) is 10.3 Å². The van der Waals surface area contributed by atoms with Gasteiger partial charge in [0, 0.05) is 6.42 Å². The fourth-order valence-corrected chi connectivity index (χ4v) is 1.63. The average Bonchev–Trinajstić information content (AvgIpc) is 2.76. The van der Waals surface area contributed by atoms with Crippen molar-refractivity contribution in [3.05, 3.63) is 24.0 Å². The maximum Gasteiger partial charge on any atom is 0.354 e. The number of anilines is 1. The first-order valence-corrected chi connectivity index (χ1v) is 5.36. The van der Waals surface area contributed by atoms with E-state index in [4.69, 9.17) is 5.11 Å². The van der Waals surface area contributed by atoms with Gasteiger partial charge in [0.25, 0.3) is 0 Å². The van der Waals surface area contributed by atoms with E-state index in [2.05, 4.69) is 15.6 Å². The van der Waals surface area contributed by atoms with Gasteiger partial charge >= 0.3 is 5.97 Å². The molecule has 1 aliphatic heterocycles. The van der Waals surface area contributed by atoms with Gasteiger partial charge in [-0.3, -0.25) is 9.59 Å². The van der Waals surface area contributed by atoms with E-state index in [9.17, 15) is 14.4 Å². The molecular weight excluding hydrogens is 238 g/mol. The number of hydrogen-bond donors (Lipinski definition) is 3. The summed E-state index contributed by atoms with van der Waals surface area (Å²) in [7, 11) is 0. The van der Waals surface area contributed by atoms with E-state index in [1.54, 1.807) is 0 Å². The van der Waals surface area contributed by atoms with Crippen LogP contribution in [0.3, 0.4) is 0 Å². The molecule has 3 N–H and O–H groups in total. The number of rotatable bonds is 3. The van der Waals surface area contributed by atoms with Gasteiger partial charge in [-0.25, -0.2) is 9.78 Å². The number of carbonyl (C=O) groups excluding carboxylic acids is 2. The van der Waals surface area contributed by atoms with E-state index in [-0.39, 0.29) is 17.5 Å². The quantitative estimate of drug-likeness (QED) is 0.698. The van der Waals surface area contributed by atoms with E-state index < -0.39 is 12.0 Å². The number of carbonyl (C=O) groups is 3. The number of carboxylic acid groups (broad SMARTS) is 1. The standard InChI is InChI=1S/C11H11N3O4/c15-9-4-3-7(14-9)10(16)13-6-1-2-8(11(17)18)12-5-6/h1-2,5,7H,3-4H2,(H,13,16)(H,14,15)(H,17,18)/t7-/m0/s1.